The topological polar surface area (TPSA) is 34.1 Å². The fourth-order valence-corrected chi connectivity index (χ4v) is 2.04. The molecule has 0 aliphatic rings. The molecule has 0 saturated carbocycles. The van der Waals surface area contributed by atoms with Crippen molar-refractivity contribution in [1.82, 2.24) is 10.3 Å². The maximum Gasteiger partial charge on any atom is 0.130 e. The lowest BCUT2D eigenvalue weighted by atomic mass is 10.2. The minimum Gasteiger partial charge on any atom is -0.487 e. The Bertz CT molecular complexity index is 528. The van der Waals surface area contributed by atoms with Gasteiger partial charge < -0.3 is 10.1 Å². The van der Waals surface area contributed by atoms with Crippen LogP contribution in [0.1, 0.15) is 24.6 Å². The molecule has 0 saturated heterocycles. The van der Waals surface area contributed by atoms with Crippen LogP contribution in [0.15, 0.2) is 47.1 Å². The molecule has 1 heterocycles. The highest BCUT2D eigenvalue weighted by molar-refractivity contribution is 9.10. The van der Waals surface area contributed by atoms with Crippen molar-refractivity contribution in [2.75, 3.05) is 6.54 Å². The molecule has 3 nitrogen and oxygen atoms in total. The number of hydrogen-bond acceptors (Lipinski definition) is 3. The number of ether oxygens (including phenoxy) is 1. The fraction of sp³-hybridized carbons (Fsp3) is 0.312. The Kier molecular flexibility index (Phi) is 6.02. The highest BCUT2D eigenvalue weighted by Crippen LogP contribution is 2.15. The van der Waals surface area contributed by atoms with Crippen molar-refractivity contribution in [3.8, 4) is 5.75 Å². The molecule has 106 valence electrons. The zero-order valence-corrected chi connectivity index (χ0v) is 13.2. The first kappa shape index (κ1) is 15.0. The van der Waals surface area contributed by atoms with Gasteiger partial charge in [0.05, 0.1) is 5.69 Å². The smallest absolute Gasteiger partial charge is 0.130 e. The van der Waals surface area contributed by atoms with Gasteiger partial charge in [-0.2, -0.15) is 0 Å². The molecule has 0 spiro atoms. The van der Waals surface area contributed by atoms with Gasteiger partial charge in [-0.25, -0.2) is 0 Å². The van der Waals surface area contributed by atoms with Crippen molar-refractivity contribution in [3.63, 3.8) is 0 Å². The summed E-state index contributed by atoms with van der Waals surface area (Å²) in [6.07, 6.45) is 2.93. The number of benzene rings is 1. The highest BCUT2D eigenvalue weighted by atomic mass is 79.9. The Labute approximate surface area is 128 Å². The third-order valence-electron chi connectivity index (χ3n) is 2.83. The molecule has 2 rings (SSSR count). The van der Waals surface area contributed by atoms with E-state index >= 15 is 0 Å². The fourth-order valence-electron chi connectivity index (χ4n) is 1.80. The third kappa shape index (κ3) is 4.94. The van der Waals surface area contributed by atoms with Crippen LogP contribution in [0.5, 0.6) is 5.75 Å². The molecule has 20 heavy (non-hydrogen) atoms. The van der Waals surface area contributed by atoms with Crippen LogP contribution in [0, 0.1) is 0 Å². The van der Waals surface area contributed by atoms with E-state index in [1.807, 2.05) is 24.3 Å². The number of halogens is 1. The molecule has 1 N–H and O–H groups in total. The van der Waals surface area contributed by atoms with Gasteiger partial charge in [-0.1, -0.05) is 19.1 Å². The van der Waals surface area contributed by atoms with Gasteiger partial charge in [0.2, 0.25) is 0 Å². The summed E-state index contributed by atoms with van der Waals surface area (Å²) in [5, 5.41) is 3.39. The number of aromatic nitrogens is 1. The van der Waals surface area contributed by atoms with Gasteiger partial charge in [-0.15, -0.1) is 0 Å². The molecule has 0 unspecified atom stereocenters. The van der Waals surface area contributed by atoms with Gasteiger partial charge in [0.25, 0.3) is 0 Å². The molecule has 0 radical (unpaired) electrons. The monoisotopic (exact) mass is 334 g/mol. The number of nitrogens with zero attached hydrogens (tertiary/aromatic N) is 1. The molecule has 0 amide bonds. The summed E-state index contributed by atoms with van der Waals surface area (Å²) < 4.78 is 6.75. The van der Waals surface area contributed by atoms with E-state index in [4.69, 9.17) is 4.74 Å². The number of pyridine rings is 1. The van der Waals surface area contributed by atoms with Gasteiger partial charge in [0, 0.05) is 17.2 Å². The molecule has 0 aliphatic heterocycles. The maximum atomic E-state index is 5.77. The van der Waals surface area contributed by atoms with E-state index in [0.29, 0.717) is 6.61 Å². The van der Waals surface area contributed by atoms with Gasteiger partial charge >= 0.3 is 0 Å². The Hall–Kier alpha value is -1.39. The first-order valence-corrected chi connectivity index (χ1v) is 7.60. The third-order valence-corrected chi connectivity index (χ3v) is 3.30. The summed E-state index contributed by atoms with van der Waals surface area (Å²) in [5.41, 5.74) is 2.16. The van der Waals surface area contributed by atoms with Crippen LogP contribution in [0.25, 0.3) is 0 Å². The molecule has 1 aromatic carbocycles. The Morgan fingerprint density at radius 3 is 2.90 bits per heavy atom. The van der Waals surface area contributed by atoms with E-state index in [-0.39, 0.29) is 0 Å². The molecule has 2 aromatic rings. The second-order valence-corrected chi connectivity index (χ2v) is 5.50. The number of rotatable bonds is 7. The minimum atomic E-state index is 0.485. The number of nitrogens with one attached hydrogen (secondary N) is 1. The SMILES string of the molecule is CCCNCc1cccc(OCc2ccc(Br)cn2)c1. The van der Waals surface area contributed by atoms with E-state index in [9.17, 15) is 0 Å². The lowest BCUT2D eigenvalue weighted by Crippen LogP contribution is -2.13. The maximum absolute atomic E-state index is 5.77. The molecule has 0 bridgehead atoms. The predicted octanol–water partition coefficient (Wildman–Crippen LogP) is 3.92. The van der Waals surface area contributed by atoms with Crippen LogP contribution in [-0.2, 0) is 13.2 Å². The van der Waals surface area contributed by atoms with E-state index in [0.717, 1.165) is 35.4 Å². The van der Waals surface area contributed by atoms with Gasteiger partial charge in [0.1, 0.15) is 12.4 Å². The first-order valence-electron chi connectivity index (χ1n) is 6.81. The Morgan fingerprint density at radius 1 is 1.25 bits per heavy atom. The van der Waals surface area contributed by atoms with E-state index in [2.05, 4.69) is 45.3 Å². The molecular formula is C16H19BrN2O. The summed E-state index contributed by atoms with van der Waals surface area (Å²) in [6.45, 7) is 4.56. The normalized spacial score (nSPS) is 10.5. The van der Waals surface area contributed by atoms with Crippen LogP contribution in [0.3, 0.4) is 0 Å². The van der Waals surface area contributed by atoms with Crippen molar-refractivity contribution in [2.24, 2.45) is 0 Å². The lowest BCUT2D eigenvalue weighted by molar-refractivity contribution is 0.301. The van der Waals surface area contributed by atoms with Gasteiger partial charge in [-0.05, 0) is 58.7 Å². The molecule has 0 aliphatic carbocycles. The van der Waals surface area contributed by atoms with Crippen molar-refractivity contribution in [2.45, 2.75) is 26.5 Å². The quantitative estimate of drug-likeness (QED) is 0.779. The van der Waals surface area contributed by atoms with Crippen LogP contribution >= 0.6 is 15.9 Å². The zero-order chi connectivity index (χ0) is 14.2. The summed E-state index contributed by atoms with van der Waals surface area (Å²) in [5.74, 6) is 0.880. The molecule has 0 atom stereocenters. The average Bonchev–Trinajstić information content (AvgIpc) is 2.47. The lowest BCUT2D eigenvalue weighted by Gasteiger charge is -2.08. The molecule has 1 aromatic heterocycles. The van der Waals surface area contributed by atoms with Crippen LogP contribution < -0.4 is 10.1 Å². The van der Waals surface area contributed by atoms with Crippen LogP contribution in [0.2, 0.25) is 0 Å². The molecule has 0 fully saturated rings. The van der Waals surface area contributed by atoms with Crippen molar-refractivity contribution in [1.29, 1.82) is 0 Å². The van der Waals surface area contributed by atoms with Gasteiger partial charge in [-0.3, -0.25) is 4.98 Å². The summed E-state index contributed by atoms with van der Waals surface area (Å²) in [6, 6.07) is 12.1. The average molecular weight is 335 g/mol. The second kappa shape index (κ2) is 8.02. The van der Waals surface area contributed by atoms with E-state index < -0.39 is 0 Å². The van der Waals surface area contributed by atoms with Crippen molar-refractivity contribution >= 4 is 15.9 Å². The standard InChI is InChI=1S/C16H19BrN2O/c1-2-8-18-10-13-4-3-5-16(9-13)20-12-15-7-6-14(17)11-19-15/h3-7,9,11,18H,2,8,10,12H2,1H3. The van der Waals surface area contributed by atoms with E-state index in [1.54, 1.807) is 6.20 Å². The second-order valence-electron chi connectivity index (χ2n) is 4.58. The van der Waals surface area contributed by atoms with Gasteiger partial charge in [0.15, 0.2) is 0 Å². The molecule has 4 heteroatoms. The predicted molar refractivity (Wildman–Crippen MR) is 84.7 cm³/mol. The zero-order valence-electron chi connectivity index (χ0n) is 11.6. The van der Waals surface area contributed by atoms with Crippen LogP contribution in [0.4, 0.5) is 0 Å². The molecular weight excluding hydrogens is 316 g/mol. The summed E-state index contributed by atoms with van der Waals surface area (Å²) in [4.78, 5) is 4.29. The highest BCUT2D eigenvalue weighted by Gasteiger charge is 1.99. The largest absolute Gasteiger partial charge is 0.487 e. The summed E-state index contributed by atoms with van der Waals surface area (Å²) >= 11 is 3.37. The van der Waals surface area contributed by atoms with Crippen LogP contribution in [-0.4, -0.2) is 11.5 Å². The minimum absolute atomic E-state index is 0.485. The van der Waals surface area contributed by atoms with E-state index in [1.165, 1.54) is 5.56 Å². The first-order chi connectivity index (χ1) is 9.78. The Morgan fingerprint density at radius 2 is 2.15 bits per heavy atom. The number of hydrogen-bond donors (Lipinski definition) is 1. The van der Waals surface area contributed by atoms with Crippen molar-refractivity contribution in [3.05, 3.63) is 58.3 Å². The Balaban J connectivity index is 1.89. The van der Waals surface area contributed by atoms with Crippen molar-refractivity contribution < 1.29 is 4.74 Å². The summed E-state index contributed by atoms with van der Waals surface area (Å²) in [7, 11) is 0.